The van der Waals surface area contributed by atoms with Gasteiger partial charge in [-0.25, -0.2) is 10.7 Å². The van der Waals surface area contributed by atoms with Gasteiger partial charge < -0.3 is 5.41 Å². The second-order valence-electron chi connectivity index (χ2n) is 3.85. The second kappa shape index (κ2) is 5.44. The molecule has 3 heteroatoms. The van der Waals surface area contributed by atoms with E-state index in [2.05, 4.69) is 7.28 Å². The molecule has 0 aliphatic heterocycles. The minimum absolute atomic E-state index is 0.211. The molecule has 0 saturated heterocycles. The van der Waals surface area contributed by atoms with Gasteiger partial charge in [-0.3, -0.25) is 12.7 Å². The zero-order chi connectivity index (χ0) is 12.1. The van der Waals surface area contributed by atoms with E-state index in [0.29, 0.717) is 0 Å². The Labute approximate surface area is 101 Å². The van der Waals surface area contributed by atoms with Gasteiger partial charge in [-0.15, -0.1) is 12.1 Å². The van der Waals surface area contributed by atoms with Crippen LogP contribution in [0.4, 0.5) is 4.39 Å². The van der Waals surface area contributed by atoms with E-state index in [1.165, 1.54) is 23.9 Å². The van der Waals surface area contributed by atoms with E-state index >= 15 is 0 Å². The largest absolute Gasteiger partial charge is 0.308 e. The molecule has 0 atom stereocenters. The van der Waals surface area contributed by atoms with Crippen LogP contribution >= 0.6 is 0 Å². The summed E-state index contributed by atoms with van der Waals surface area (Å²) in [5.74, 6) is -0.211. The number of benzene rings is 2. The zero-order valence-corrected chi connectivity index (χ0v) is 9.36. The molecule has 0 heterocycles. The molecule has 0 fully saturated rings. The van der Waals surface area contributed by atoms with Crippen LogP contribution in [0.25, 0.3) is 0 Å². The molecule has 0 spiro atoms. The first-order valence-electron chi connectivity index (χ1n) is 5.46. The molecule has 0 aliphatic carbocycles. The van der Waals surface area contributed by atoms with E-state index in [-0.39, 0.29) is 5.82 Å². The standard InChI is InChI=1S/C14H12BFN/c16-14-7-5-13(6-8-14)15-9-11-1-3-12(10-17)4-2-11/h1-8,10,17H,9H2/q-1. The summed E-state index contributed by atoms with van der Waals surface area (Å²) in [6, 6.07) is 14.3. The maximum atomic E-state index is 12.7. The Morgan fingerprint density at radius 2 is 1.65 bits per heavy atom. The van der Waals surface area contributed by atoms with Gasteiger partial charge in [0.2, 0.25) is 0 Å². The molecule has 2 aromatic rings. The molecule has 0 aromatic heterocycles. The monoisotopic (exact) mass is 224 g/mol. The third-order valence-electron chi connectivity index (χ3n) is 2.59. The lowest BCUT2D eigenvalue weighted by Crippen LogP contribution is -2.16. The molecule has 0 saturated carbocycles. The van der Waals surface area contributed by atoms with Crippen molar-refractivity contribution in [1.29, 1.82) is 5.41 Å². The molecule has 2 radical (unpaired) electrons. The van der Waals surface area contributed by atoms with Crippen LogP contribution in [0, 0.1) is 11.2 Å². The minimum Gasteiger partial charge on any atom is -0.308 e. The van der Waals surface area contributed by atoms with Crippen molar-refractivity contribution in [3.05, 3.63) is 65.5 Å². The van der Waals surface area contributed by atoms with Crippen LogP contribution in [0.1, 0.15) is 11.1 Å². The Morgan fingerprint density at radius 1 is 1.00 bits per heavy atom. The van der Waals surface area contributed by atoms with E-state index in [0.717, 1.165) is 17.3 Å². The molecule has 0 unspecified atom stereocenters. The van der Waals surface area contributed by atoms with E-state index in [1.807, 2.05) is 24.3 Å². The Kier molecular flexibility index (Phi) is 3.71. The van der Waals surface area contributed by atoms with Gasteiger partial charge in [-0.05, 0) is 17.7 Å². The molecular weight excluding hydrogens is 212 g/mol. The third-order valence-corrected chi connectivity index (χ3v) is 2.59. The van der Waals surface area contributed by atoms with Gasteiger partial charge in [0.1, 0.15) is 5.82 Å². The summed E-state index contributed by atoms with van der Waals surface area (Å²) in [5, 5.41) is 7.10. The lowest BCUT2D eigenvalue weighted by molar-refractivity contribution is 0.628. The van der Waals surface area contributed by atoms with E-state index in [1.54, 1.807) is 12.1 Å². The molecule has 2 aromatic carbocycles. The summed E-state index contributed by atoms with van der Waals surface area (Å²) in [7, 11) is 2.05. The van der Waals surface area contributed by atoms with Crippen LogP contribution in [-0.4, -0.2) is 13.5 Å². The number of halogens is 1. The first-order valence-corrected chi connectivity index (χ1v) is 5.46. The van der Waals surface area contributed by atoms with Crippen LogP contribution < -0.4 is 5.46 Å². The van der Waals surface area contributed by atoms with Crippen molar-refractivity contribution in [3.8, 4) is 0 Å². The minimum atomic E-state index is -0.211. The first kappa shape index (κ1) is 11.6. The van der Waals surface area contributed by atoms with Gasteiger partial charge in [-0.2, -0.15) is 0 Å². The molecule has 0 amide bonds. The first-order chi connectivity index (χ1) is 8.28. The molecule has 17 heavy (non-hydrogen) atoms. The van der Waals surface area contributed by atoms with Gasteiger partial charge in [-0.1, -0.05) is 29.8 Å². The van der Waals surface area contributed by atoms with Crippen LogP contribution in [-0.2, 0) is 6.32 Å². The molecule has 1 N–H and O–H groups in total. The summed E-state index contributed by atoms with van der Waals surface area (Å²) in [6.07, 6.45) is 2.14. The van der Waals surface area contributed by atoms with Crippen LogP contribution in [0.2, 0.25) is 0 Å². The lowest BCUT2D eigenvalue weighted by Gasteiger charge is -2.15. The van der Waals surface area contributed by atoms with Gasteiger partial charge in [0, 0.05) is 6.21 Å². The molecule has 0 bridgehead atoms. The highest BCUT2D eigenvalue weighted by atomic mass is 19.1. The van der Waals surface area contributed by atoms with Gasteiger partial charge in [0.25, 0.3) is 0 Å². The SMILES string of the molecule is N=Cc1ccc(C[B-]c2ccc(F)cc2)cc1. The molecule has 0 aliphatic rings. The number of hydrogen-bond donors (Lipinski definition) is 1. The highest BCUT2D eigenvalue weighted by Gasteiger charge is 1.88. The summed E-state index contributed by atoms with van der Waals surface area (Å²) in [5.41, 5.74) is 3.10. The van der Waals surface area contributed by atoms with Crippen molar-refractivity contribution in [2.45, 2.75) is 6.32 Å². The fraction of sp³-hybridized carbons (Fsp3) is 0.0714. The zero-order valence-electron chi connectivity index (χ0n) is 9.36. The Hall–Kier alpha value is -1.90. The van der Waals surface area contributed by atoms with Gasteiger partial charge >= 0.3 is 0 Å². The maximum Gasteiger partial charge on any atom is 0.122 e. The average Bonchev–Trinajstić information content (AvgIpc) is 2.39. The Morgan fingerprint density at radius 3 is 2.24 bits per heavy atom. The summed E-state index contributed by atoms with van der Waals surface area (Å²) < 4.78 is 12.7. The van der Waals surface area contributed by atoms with Gasteiger partial charge in [0.05, 0.1) is 0 Å². The van der Waals surface area contributed by atoms with E-state index in [9.17, 15) is 4.39 Å². The molecule has 1 nitrogen and oxygen atoms in total. The number of hydrogen-bond acceptors (Lipinski definition) is 1. The van der Waals surface area contributed by atoms with Crippen LogP contribution in [0.15, 0.2) is 48.5 Å². The normalized spacial score (nSPS) is 10.2. The fourth-order valence-corrected chi connectivity index (χ4v) is 1.58. The molecular formula is C14H12BFN-. The Bertz CT molecular complexity index is 491. The highest BCUT2D eigenvalue weighted by Crippen LogP contribution is 2.03. The van der Waals surface area contributed by atoms with Crippen molar-refractivity contribution >= 4 is 19.0 Å². The average molecular weight is 224 g/mol. The molecule has 84 valence electrons. The van der Waals surface area contributed by atoms with E-state index < -0.39 is 0 Å². The van der Waals surface area contributed by atoms with Crippen molar-refractivity contribution < 1.29 is 4.39 Å². The topological polar surface area (TPSA) is 23.9 Å². The van der Waals surface area contributed by atoms with Crippen molar-refractivity contribution in [1.82, 2.24) is 0 Å². The summed E-state index contributed by atoms with van der Waals surface area (Å²) >= 11 is 0. The predicted octanol–water partition coefficient (Wildman–Crippen LogP) is 2.35. The molecule has 2 rings (SSSR count). The van der Waals surface area contributed by atoms with Crippen molar-refractivity contribution in [2.75, 3.05) is 0 Å². The fourth-order valence-electron chi connectivity index (χ4n) is 1.58. The third kappa shape index (κ3) is 3.28. The lowest BCUT2D eigenvalue weighted by atomic mass is 9.65. The van der Waals surface area contributed by atoms with Crippen molar-refractivity contribution in [3.63, 3.8) is 0 Å². The maximum absolute atomic E-state index is 12.7. The quantitative estimate of drug-likeness (QED) is 0.608. The van der Waals surface area contributed by atoms with Crippen molar-refractivity contribution in [2.24, 2.45) is 0 Å². The predicted molar refractivity (Wildman–Crippen MR) is 69.8 cm³/mol. The van der Waals surface area contributed by atoms with Crippen LogP contribution in [0.3, 0.4) is 0 Å². The summed E-state index contributed by atoms with van der Waals surface area (Å²) in [6.45, 7) is 0. The number of nitrogens with one attached hydrogen (secondary N) is 1. The van der Waals surface area contributed by atoms with Crippen LogP contribution in [0.5, 0.6) is 0 Å². The number of rotatable bonds is 4. The highest BCUT2D eigenvalue weighted by molar-refractivity contribution is 6.52. The van der Waals surface area contributed by atoms with Gasteiger partial charge in [0.15, 0.2) is 0 Å². The second-order valence-corrected chi connectivity index (χ2v) is 3.85. The summed E-state index contributed by atoms with van der Waals surface area (Å²) in [4.78, 5) is 0. The Balaban J connectivity index is 1.97. The smallest absolute Gasteiger partial charge is 0.122 e. The van der Waals surface area contributed by atoms with E-state index in [4.69, 9.17) is 5.41 Å².